The molecule has 3 aromatic rings. The number of ether oxygens (including phenoxy) is 1. The van der Waals surface area contributed by atoms with Crippen molar-refractivity contribution in [2.45, 2.75) is 32.9 Å². The Morgan fingerprint density at radius 1 is 1.33 bits per heavy atom. The molecule has 0 saturated carbocycles. The average Bonchev–Trinajstić information content (AvgIpc) is 2.63. The Kier molecular flexibility index (Phi) is 5.83. The molecule has 0 spiro atoms. The number of nitrogens with one attached hydrogen (secondary N) is 1. The monoisotopic (exact) mass is 433 g/mol. The summed E-state index contributed by atoms with van der Waals surface area (Å²) in [5.41, 5.74) is 1.40. The first-order chi connectivity index (χ1) is 12.8. The molecule has 144 valence electrons. The molecule has 0 bridgehead atoms. The van der Waals surface area contributed by atoms with E-state index >= 15 is 0 Å². The number of fused-ring (bicyclic) bond motifs is 3. The highest BCUT2D eigenvalue weighted by Gasteiger charge is 2.15. The zero-order valence-corrected chi connectivity index (χ0v) is 17.5. The lowest BCUT2D eigenvalue weighted by atomic mass is 10.1. The van der Waals surface area contributed by atoms with Crippen molar-refractivity contribution in [2.24, 2.45) is 7.05 Å². The number of pyridine rings is 2. The predicted molar refractivity (Wildman–Crippen MR) is 112 cm³/mol. The van der Waals surface area contributed by atoms with Gasteiger partial charge in [-0.25, -0.2) is 0 Å². The van der Waals surface area contributed by atoms with Gasteiger partial charge in [0.05, 0.1) is 21.1 Å². The van der Waals surface area contributed by atoms with E-state index in [9.17, 15) is 9.90 Å². The van der Waals surface area contributed by atoms with E-state index in [0.717, 1.165) is 20.8 Å². The topological polar surface area (TPSA) is 76.4 Å². The number of aliphatic hydroxyl groups excluding tert-OH is 1. The normalized spacial score (nSPS) is 12.9. The quantitative estimate of drug-likeness (QED) is 0.584. The van der Waals surface area contributed by atoms with Gasteiger partial charge in [0.2, 0.25) is 0 Å². The summed E-state index contributed by atoms with van der Waals surface area (Å²) < 4.78 is 8.19. The highest BCUT2D eigenvalue weighted by atomic mass is 79.9. The first kappa shape index (κ1) is 19.8. The molecule has 0 radical (unpaired) electrons. The lowest BCUT2D eigenvalue weighted by Crippen LogP contribution is -2.35. The number of nitrogens with zero attached hydrogens (tertiary/aromatic N) is 2. The maximum absolute atomic E-state index is 12.8. The lowest BCUT2D eigenvalue weighted by molar-refractivity contribution is 0.104. The Bertz CT molecular complexity index is 1050. The van der Waals surface area contributed by atoms with Gasteiger partial charge in [-0.1, -0.05) is 13.8 Å². The van der Waals surface area contributed by atoms with Crippen LogP contribution in [0, 0.1) is 6.92 Å². The van der Waals surface area contributed by atoms with E-state index in [-0.39, 0.29) is 12.2 Å². The molecule has 3 rings (SSSR count). The maximum Gasteiger partial charge on any atom is 0.260 e. The number of aliphatic hydroxyl groups is 1. The van der Waals surface area contributed by atoms with Gasteiger partial charge < -0.3 is 19.7 Å². The highest BCUT2D eigenvalue weighted by Crippen LogP contribution is 2.33. The number of aromatic nitrogens is 2. The Hall–Kier alpha value is -1.96. The Balaban J connectivity index is 2.01. The van der Waals surface area contributed by atoms with E-state index in [1.54, 1.807) is 17.8 Å². The molecule has 0 saturated heterocycles. The van der Waals surface area contributed by atoms with Crippen molar-refractivity contribution in [3.8, 4) is 5.75 Å². The van der Waals surface area contributed by atoms with Crippen molar-refractivity contribution >= 4 is 37.6 Å². The summed E-state index contributed by atoms with van der Waals surface area (Å²) in [5, 5.41) is 15.7. The van der Waals surface area contributed by atoms with Crippen molar-refractivity contribution in [2.75, 3.05) is 13.2 Å². The predicted octanol–water partition coefficient (Wildman–Crippen LogP) is 2.90. The zero-order valence-electron chi connectivity index (χ0n) is 15.9. The van der Waals surface area contributed by atoms with Crippen LogP contribution in [0.3, 0.4) is 0 Å². The molecule has 2 N–H and O–H groups in total. The van der Waals surface area contributed by atoms with Crippen molar-refractivity contribution in [3.05, 3.63) is 44.9 Å². The van der Waals surface area contributed by atoms with E-state index in [1.165, 1.54) is 0 Å². The Labute approximate surface area is 166 Å². The first-order valence-corrected chi connectivity index (χ1v) is 9.70. The summed E-state index contributed by atoms with van der Waals surface area (Å²) in [4.78, 5) is 17.0. The van der Waals surface area contributed by atoms with Crippen molar-refractivity contribution < 1.29 is 9.84 Å². The largest absolute Gasteiger partial charge is 0.490 e. The van der Waals surface area contributed by atoms with E-state index in [2.05, 4.69) is 26.2 Å². The van der Waals surface area contributed by atoms with Crippen LogP contribution in [0.15, 0.2) is 33.7 Å². The molecule has 6 nitrogen and oxygen atoms in total. The number of hydrogen-bond donors (Lipinski definition) is 2. The summed E-state index contributed by atoms with van der Waals surface area (Å²) in [6.45, 7) is 6.51. The molecule has 0 amide bonds. The second-order valence-electron chi connectivity index (χ2n) is 7.01. The van der Waals surface area contributed by atoms with E-state index in [1.807, 2.05) is 39.0 Å². The van der Waals surface area contributed by atoms with Crippen molar-refractivity contribution in [3.63, 3.8) is 0 Å². The molecule has 1 unspecified atom stereocenters. The third-order valence-electron chi connectivity index (χ3n) is 4.55. The molecule has 2 aromatic heterocycles. The molecule has 0 aliphatic rings. The first-order valence-electron chi connectivity index (χ1n) is 8.91. The maximum atomic E-state index is 12.8. The minimum atomic E-state index is -0.621. The molecule has 0 fully saturated rings. The van der Waals surface area contributed by atoms with Crippen LogP contribution in [0.4, 0.5) is 0 Å². The highest BCUT2D eigenvalue weighted by molar-refractivity contribution is 9.10. The van der Waals surface area contributed by atoms with Gasteiger partial charge in [-0.2, -0.15) is 0 Å². The third-order valence-corrected chi connectivity index (χ3v) is 5.17. The van der Waals surface area contributed by atoms with Crippen LogP contribution in [0.1, 0.15) is 19.5 Å². The molecule has 1 aromatic carbocycles. The molecular formula is C20H24BrN3O3. The van der Waals surface area contributed by atoms with Gasteiger partial charge in [-0.15, -0.1) is 0 Å². The summed E-state index contributed by atoms with van der Waals surface area (Å²) >= 11 is 3.55. The van der Waals surface area contributed by atoms with E-state index in [0.29, 0.717) is 29.4 Å². The SMILES string of the molecule is Cc1nccc2c1c(=O)n(C)c1cc(OCC(O)CNC(C)C)c(Br)cc21. The standard InChI is InChI=1S/C20H24BrN3O3/c1-11(2)23-9-13(25)10-27-18-8-17-15(7-16(18)21)14-5-6-22-12(3)19(14)20(26)24(17)4/h5-8,11,13,23,25H,9-10H2,1-4H3. The van der Waals surface area contributed by atoms with Crippen LogP contribution in [-0.4, -0.2) is 40.0 Å². The number of hydrogen-bond acceptors (Lipinski definition) is 5. The molecule has 7 heteroatoms. The fourth-order valence-corrected chi connectivity index (χ4v) is 3.56. The third kappa shape index (κ3) is 4.00. The van der Waals surface area contributed by atoms with Gasteiger partial charge in [0.15, 0.2) is 0 Å². The number of halogens is 1. The minimum Gasteiger partial charge on any atom is -0.490 e. The van der Waals surface area contributed by atoms with Gasteiger partial charge in [-0.05, 0) is 40.4 Å². The van der Waals surface area contributed by atoms with Gasteiger partial charge in [0, 0.05) is 37.3 Å². The van der Waals surface area contributed by atoms with Crippen LogP contribution in [-0.2, 0) is 7.05 Å². The van der Waals surface area contributed by atoms with Crippen LogP contribution >= 0.6 is 15.9 Å². The smallest absolute Gasteiger partial charge is 0.260 e. The van der Waals surface area contributed by atoms with Crippen LogP contribution in [0.2, 0.25) is 0 Å². The fraction of sp³-hybridized carbons (Fsp3) is 0.400. The van der Waals surface area contributed by atoms with Gasteiger partial charge in [0.25, 0.3) is 5.56 Å². The van der Waals surface area contributed by atoms with Crippen molar-refractivity contribution in [1.29, 1.82) is 0 Å². The minimum absolute atomic E-state index is 0.0856. The second-order valence-corrected chi connectivity index (χ2v) is 7.86. The summed E-state index contributed by atoms with van der Waals surface area (Å²) in [7, 11) is 1.75. The van der Waals surface area contributed by atoms with E-state index < -0.39 is 6.10 Å². The summed E-state index contributed by atoms with van der Waals surface area (Å²) in [6.07, 6.45) is 1.09. The number of rotatable bonds is 6. The Morgan fingerprint density at radius 3 is 2.78 bits per heavy atom. The molecule has 2 heterocycles. The summed E-state index contributed by atoms with van der Waals surface area (Å²) in [5.74, 6) is 0.589. The number of aryl methyl sites for hydroxylation is 2. The average molecular weight is 434 g/mol. The van der Waals surface area contributed by atoms with E-state index in [4.69, 9.17) is 4.74 Å². The lowest BCUT2D eigenvalue weighted by Gasteiger charge is -2.17. The van der Waals surface area contributed by atoms with Gasteiger partial charge in [-0.3, -0.25) is 9.78 Å². The molecule has 0 aliphatic carbocycles. The van der Waals surface area contributed by atoms with Crippen LogP contribution in [0.5, 0.6) is 5.75 Å². The second kappa shape index (κ2) is 7.96. The van der Waals surface area contributed by atoms with Crippen LogP contribution < -0.4 is 15.6 Å². The molecule has 27 heavy (non-hydrogen) atoms. The number of benzene rings is 1. The van der Waals surface area contributed by atoms with Gasteiger partial charge in [0.1, 0.15) is 18.5 Å². The molecule has 0 aliphatic heterocycles. The van der Waals surface area contributed by atoms with Crippen LogP contribution in [0.25, 0.3) is 21.7 Å². The zero-order chi connectivity index (χ0) is 19.7. The van der Waals surface area contributed by atoms with Gasteiger partial charge >= 0.3 is 0 Å². The Morgan fingerprint density at radius 2 is 2.07 bits per heavy atom. The summed E-state index contributed by atoms with van der Waals surface area (Å²) in [6, 6.07) is 5.94. The molecule has 1 atom stereocenters. The van der Waals surface area contributed by atoms with Crippen molar-refractivity contribution in [1.82, 2.24) is 14.9 Å². The molecular weight excluding hydrogens is 410 g/mol. The fourth-order valence-electron chi connectivity index (χ4n) is 3.10.